The van der Waals surface area contributed by atoms with Crippen molar-refractivity contribution in [3.63, 3.8) is 0 Å². The molecule has 1 amide bonds. The van der Waals surface area contributed by atoms with E-state index in [4.69, 9.17) is 0 Å². The Kier molecular flexibility index (Phi) is 4.44. The van der Waals surface area contributed by atoms with Crippen LogP contribution in [0.4, 0.5) is 10.1 Å². The molecule has 0 aliphatic heterocycles. The van der Waals surface area contributed by atoms with E-state index in [-0.39, 0.29) is 18.0 Å². The van der Waals surface area contributed by atoms with Gasteiger partial charge < -0.3 is 5.32 Å². The molecule has 0 spiro atoms. The lowest BCUT2D eigenvalue weighted by atomic mass is 10.0. The number of aromatic amines is 1. The van der Waals surface area contributed by atoms with E-state index >= 15 is 0 Å². The zero-order chi connectivity index (χ0) is 20.5. The molecule has 146 valence electrons. The van der Waals surface area contributed by atoms with Crippen molar-refractivity contribution < 1.29 is 9.18 Å². The number of pyridine rings is 1. The topological polar surface area (TPSA) is 70.7 Å². The van der Waals surface area contributed by atoms with E-state index in [2.05, 4.69) is 26.6 Å². The Morgan fingerprint density at radius 3 is 2.70 bits per heavy atom. The number of hydrogen-bond donors (Lipinski definition) is 2. The van der Waals surface area contributed by atoms with Crippen LogP contribution < -0.4 is 5.32 Å². The number of nitrogens with one attached hydrogen (secondary N) is 2. The first-order valence-corrected chi connectivity index (χ1v) is 9.53. The molecule has 30 heavy (non-hydrogen) atoms. The van der Waals surface area contributed by atoms with Crippen LogP contribution in [-0.2, 0) is 11.2 Å². The maximum Gasteiger partial charge on any atom is 0.228 e. The summed E-state index contributed by atoms with van der Waals surface area (Å²) in [6.45, 7) is 0. The molecule has 0 fully saturated rings. The van der Waals surface area contributed by atoms with Crippen LogP contribution in [0.3, 0.4) is 0 Å². The number of nitrogens with zero attached hydrogens (tertiary/aromatic N) is 2. The molecule has 0 radical (unpaired) electrons. The predicted octanol–water partition coefficient (Wildman–Crippen LogP) is 5.10. The number of hydrogen-bond acceptors (Lipinski definition) is 3. The van der Waals surface area contributed by atoms with Crippen LogP contribution >= 0.6 is 0 Å². The van der Waals surface area contributed by atoms with E-state index in [0.29, 0.717) is 11.2 Å². The molecule has 0 atom stereocenters. The minimum Gasteiger partial charge on any atom is -0.323 e. The molecule has 2 heterocycles. The summed E-state index contributed by atoms with van der Waals surface area (Å²) < 4.78 is 14.6. The number of amides is 1. The summed E-state index contributed by atoms with van der Waals surface area (Å²) >= 11 is 0. The number of carbonyl (C=O) groups is 1. The van der Waals surface area contributed by atoms with Gasteiger partial charge >= 0.3 is 0 Å². The fourth-order valence-electron chi connectivity index (χ4n) is 3.57. The van der Waals surface area contributed by atoms with E-state index in [0.717, 1.165) is 27.3 Å². The first-order chi connectivity index (χ1) is 14.7. The average Bonchev–Trinajstić information content (AvgIpc) is 3.17. The van der Waals surface area contributed by atoms with E-state index < -0.39 is 5.82 Å². The van der Waals surface area contributed by atoms with Gasteiger partial charge in [-0.1, -0.05) is 42.5 Å². The van der Waals surface area contributed by atoms with E-state index in [9.17, 15) is 9.18 Å². The van der Waals surface area contributed by atoms with Gasteiger partial charge in [-0.2, -0.15) is 5.10 Å². The van der Waals surface area contributed by atoms with Crippen molar-refractivity contribution in [2.75, 3.05) is 5.32 Å². The summed E-state index contributed by atoms with van der Waals surface area (Å²) in [6.07, 6.45) is 3.38. The summed E-state index contributed by atoms with van der Waals surface area (Å²) in [7, 11) is 0. The minimum atomic E-state index is -0.518. The SMILES string of the molecule is O=C(Cc1cccnc1)Nc1cc2c(-c3ccc4ccccc4c3)n[nH]c2cc1F. The zero-order valence-corrected chi connectivity index (χ0v) is 15.9. The molecule has 0 unspecified atom stereocenters. The Morgan fingerprint density at radius 2 is 1.87 bits per heavy atom. The van der Waals surface area contributed by atoms with Crippen molar-refractivity contribution in [1.82, 2.24) is 15.2 Å². The number of carbonyl (C=O) groups excluding carboxylic acids is 1. The Balaban J connectivity index is 1.50. The molecule has 0 aliphatic carbocycles. The highest BCUT2D eigenvalue weighted by Gasteiger charge is 2.15. The normalized spacial score (nSPS) is 11.1. The fraction of sp³-hybridized carbons (Fsp3) is 0.0417. The van der Waals surface area contributed by atoms with Crippen LogP contribution in [0.15, 0.2) is 79.1 Å². The van der Waals surface area contributed by atoms with Crippen LogP contribution in [-0.4, -0.2) is 21.1 Å². The predicted molar refractivity (Wildman–Crippen MR) is 116 cm³/mol. The summed E-state index contributed by atoms with van der Waals surface area (Å²) in [5.41, 5.74) is 3.08. The van der Waals surface area contributed by atoms with Crippen molar-refractivity contribution in [1.29, 1.82) is 0 Å². The van der Waals surface area contributed by atoms with Crippen molar-refractivity contribution in [3.8, 4) is 11.3 Å². The number of rotatable bonds is 4. The molecule has 6 heteroatoms. The van der Waals surface area contributed by atoms with Crippen LogP contribution in [0, 0.1) is 5.82 Å². The van der Waals surface area contributed by atoms with Gasteiger partial charge in [0.2, 0.25) is 5.91 Å². The van der Waals surface area contributed by atoms with Gasteiger partial charge in [0.15, 0.2) is 0 Å². The Labute approximate surface area is 171 Å². The number of fused-ring (bicyclic) bond motifs is 2. The van der Waals surface area contributed by atoms with E-state index in [1.54, 1.807) is 30.6 Å². The number of aromatic nitrogens is 3. The lowest BCUT2D eigenvalue weighted by Gasteiger charge is -2.08. The quantitative estimate of drug-likeness (QED) is 0.444. The highest BCUT2D eigenvalue weighted by atomic mass is 19.1. The molecule has 0 saturated carbocycles. The Hall–Kier alpha value is -4.06. The van der Waals surface area contributed by atoms with E-state index in [1.807, 2.05) is 36.4 Å². The Morgan fingerprint density at radius 1 is 1.00 bits per heavy atom. The average molecular weight is 396 g/mol. The highest BCUT2D eigenvalue weighted by Crippen LogP contribution is 2.32. The van der Waals surface area contributed by atoms with Crippen molar-refractivity contribution in [2.45, 2.75) is 6.42 Å². The summed E-state index contributed by atoms with van der Waals surface area (Å²) in [4.78, 5) is 16.4. The third-order valence-electron chi connectivity index (χ3n) is 5.03. The van der Waals surface area contributed by atoms with Crippen LogP contribution in [0.25, 0.3) is 32.9 Å². The highest BCUT2D eigenvalue weighted by molar-refractivity contribution is 6.00. The second-order valence-electron chi connectivity index (χ2n) is 7.10. The standard InChI is InChI=1S/C24H17FN4O/c25-20-13-21-19(12-22(20)27-23(30)10-15-4-3-9-26-14-15)24(29-28-21)18-8-7-16-5-1-2-6-17(16)11-18/h1-9,11-14H,10H2,(H,27,30)(H,28,29). The van der Waals surface area contributed by atoms with Crippen molar-refractivity contribution >= 4 is 33.3 Å². The second-order valence-corrected chi connectivity index (χ2v) is 7.10. The van der Waals surface area contributed by atoms with Crippen LogP contribution in [0.2, 0.25) is 0 Å². The minimum absolute atomic E-state index is 0.119. The molecule has 2 N–H and O–H groups in total. The first-order valence-electron chi connectivity index (χ1n) is 9.53. The van der Waals surface area contributed by atoms with Crippen LogP contribution in [0.5, 0.6) is 0 Å². The molecule has 5 rings (SSSR count). The van der Waals surface area contributed by atoms with E-state index in [1.165, 1.54) is 6.07 Å². The lowest BCUT2D eigenvalue weighted by Crippen LogP contribution is -2.15. The maximum absolute atomic E-state index is 14.6. The van der Waals surface area contributed by atoms with Crippen LogP contribution in [0.1, 0.15) is 5.56 Å². The van der Waals surface area contributed by atoms with Gasteiger partial charge in [-0.05, 0) is 34.5 Å². The number of benzene rings is 3. The molecule has 3 aromatic carbocycles. The van der Waals surface area contributed by atoms with Crippen molar-refractivity contribution in [3.05, 3.63) is 90.5 Å². The maximum atomic E-state index is 14.6. The first kappa shape index (κ1) is 18.0. The lowest BCUT2D eigenvalue weighted by molar-refractivity contribution is -0.115. The number of anilines is 1. The van der Waals surface area contributed by atoms with Gasteiger partial charge in [0.05, 0.1) is 23.3 Å². The molecule has 5 aromatic rings. The number of H-pyrrole nitrogens is 1. The van der Waals surface area contributed by atoms with Gasteiger partial charge in [-0.3, -0.25) is 14.9 Å². The van der Waals surface area contributed by atoms with Gasteiger partial charge in [0, 0.05) is 29.4 Å². The molecular weight excluding hydrogens is 379 g/mol. The molecular formula is C24H17FN4O. The summed E-state index contributed by atoms with van der Waals surface area (Å²) in [5, 5.41) is 12.9. The largest absolute Gasteiger partial charge is 0.323 e. The van der Waals surface area contributed by atoms with Gasteiger partial charge in [0.1, 0.15) is 5.82 Å². The van der Waals surface area contributed by atoms with Gasteiger partial charge in [0.25, 0.3) is 0 Å². The van der Waals surface area contributed by atoms with Gasteiger partial charge in [-0.25, -0.2) is 4.39 Å². The molecule has 0 saturated heterocycles. The zero-order valence-electron chi connectivity index (χ0n) is 15.9. The third kappa shape index (κ3) is 3.39. The monoisotopic (exact) mass is 396 g/mol. The Bertz CT molecular complexity index is 1380. The molecule has 2 aromatic heterocycles. The second kappa shape index (κ2) is 7.40. The third-order valence-corrected chi connectivity index (χ3v) is 5.03. The molecule has 0 aliphatic rings. The molecule has 0 bridgehead atoms. The van der Waals surface area contributed by atoms with Crippen molar-refractivity contribution in [2.24, 2.45) is 0 Å². The summed E-state index contributed by atoms with van der Waals surface area (Å²) in [5.74, 6) is -0.826. The number of halogens is 1. The smallest absolute Gasteiger partial charge is 0.228 e. The summed E-state index contributed by atoms with van der Waals surface area (Å²) in [6, 6.07) is 20.7. The molecule has 5 nitrogen and oxygen atoms in total. The van der Waals surface area contributed by atoms with Gasteiger partial charge in [-0.15, -0.1) is 0 Å². The fourth-order valence-corrected chi connectivity index (χ4v) is 3.57.